The lowest BCUT2D eigenvalue weighted by Crippen LogP contribution is -2.37. The Kier molecular flexibility index (Phi) is 4.98. The summed E-state index contributed by atoms with van der Waals surface area (Å²) in [5.74, 6) is 1.58. The van der Waals surface area contributed by atoms with E-state index in [1.165, 1.54) is 0 Å². The zero-order valence-electron chi connectivity index (χ0n) is 15.1. The number of ether oxygens (including phenoxy) is 1. The van der Waals surface area contributed by atoms with Crippen molar-refractivity contribution in [2.75, 3.05) is 39.2 Å². The Hall–Kier alpha value is -2.48. The van der Waals surface area contributed by atoms with Crippen LogP contribution >= 0.6 is 0 Å². The number of aryl methyl sites for hydroxylation is 1. The fourth-order valence-electron chi connectivity index (χ4n) is 3.15. The zero-order valence-corrected chi connectivity index (χ0v) is 15.1. The SMILES string of the molecule is Cc1nc([C@@H]2CCO[C@@H]2CN(C)C(=O)c2cnccc2N(C)C)n[nH]1. The van der Waals surface area contributed by atoms with Gasteiger partial charge in [-0.3, -0.25) is 14.9 Å². The van der Waals surface area contributed by atoms with Crippen LogP contribution in [0.15, 0.2) is 18.5 Å². The molecule has 3 rings (SSSR count). The Morgan fingerprint density at radius 1 is 1.40 bits per heavy atom. The first-order valence-corrected chi connectivity index (χ1v) is 8.34. The molecular formula is C17H24N6O2. The van der Waals surface area contributed by atoms with Gasteiger partial charge in [0.15, 0.2) is 5.82 Å². The van der Waals surface area contributed by atoms with Gasteiger partial charge in [0, 0.05) is 46.7 Å². The van der Waals surface area contributed by atoms with Crippen molar-refractivity contribution < 1.29 is 9.53 Å². The van der Waals surface area contributed by atoms with Crippen molar-refractivity contribution in [3.63, 3.8) is 0 Å². The Bertz CT molecular complexity index is 744. The molecule has 0 unspecified atom stereocenters. The predicted molar refractivity (Wildman–Crippen MR) is 93.7 cm³/mol. The largest absolute Gasteiger partial charge is 0.377 e. The number of nitrogens with one attached hydrogen (secondary N) is 1. The van der Waals surface area contributed by atoms with Crippen molar-refractivity contribution in [3.8, 4) is 0 Å². The molecule has 0 spiro atoms. The number of hydrogen-bond donors (Lipinski definition) is 1. The molecule has 2 atom stereocenters. The Morgan fingerprint density at radius 3 is 2.88 bits per heavy atom. The third-order valence-corrected chi connectivity index (χ3v) is 4.47. The number of carbonyl (C=O) groups excluding carboxylic acids is 1. The van der Waals surface area contributed by atoms with E-state index in [-0.39, 0.29) is 17.9 Å². The lowest BCUT2D eigenvalue weighted by molar-refractivity contribution is 0.0550. The number of pyridine rings is 1. The zero-order chi connectivity index (χ0) is 18.0. The van der Waals surface area contributed by atoms with E-state index in [0.717, 1.165) is 23.8 Å². The van der Waals surface area contributed by atoms with Gasteiger partial charge in [-0.05, 0) is 19.4 Å². The van der Waals surface area contributed by atoms with Crippen LogP contribution in [0, 0.1) is 6.92 Å². The first-order chi connectivity index (χ1) is 12.0. The fourth-order valence-corrected chi connectivity index (χ4v) is 3.15. The lowest BCUT2D eigenvalue weighted by Gasteiger charge is -2.25. The highest BCUT2D eigenvalue weighted by Crippen LogP contribution is 2.30. The number of nitrogens with zero attached hydrogens (tertiary/aromatic N) is 5. The van der Waals surface area contributed by atoms with Crippen molar-refractivity contribution >= 4 is 11.6 Å². The Labute approximate surface area is 147 Å². The second-order valence-electron chi connectivity index (χ2n) is 6.56. The van der Waals surface area contributed by atoms with Crippen LogP contribution in [0.5, 0.6) is 0 Å². The molecule has 0 radical (unpaired) electrons. The molecule has 8 heteroatoms. The summed E-state index contributed by atoms with van der Waals surface area (Å²) in [6, 6.07) is 1.84. The molecule has 0 aliphatic carbocycles. The Morgan fingerprint density at radius 2 is 2.20 bits per heavy atom. The quantitative estimate of drug-likeness (QED) is 0.877. The molecule has 1 amide bonds. The molecule has 0 bridgehead atoms. The number of H-pyrrole nitrogens is 1. The highest BCUT2D eigenvalue weighted by atomic mass is 16.5. The standard InChI is InChI=1S/C17H24N6O2/c1-11-19-16(21-20-11)12-6-8-25-15(12)10-23(4)17(24)13-9-18-7-5-14(13)22(2)3/h5,7,9,12,15H,6,8,10H2,1-4H3,(H,19,20,21)/t12-,15-/m1/s1. The molecule has 134 valence electrons. The van der Waals surface area contributed by atoms with Gasteiger partial charge >= 0.3 is 0 Å². The van der Waals surface area contributed by atoms with E-state index in [4.69, 9.17) is 4.74 Å². The molecule has 1 N–H and O–H groups in total. The van der Waals surface area contributed by atoms with Crippen molar-refractivity contribution in [3.05, 3.63) is 35.7 Å². The molecule has 25 heavy (non-hydrogen) atoms. The maximum atomic E-state index is 12.9. The van der Waals surface area contributed by atoms with Crippen LogP contribution < -0.4 is 4.90 Å². The molecule has 1 fully saturated rings. The fraction of sp³-hybridized carbons (Fsp3) is 0.529. The average molecular weight is 344 g/mol. The van der Waals surface area contributed by atoms with Crippen LogP contribution in [-0.2, 0) is 4.74 Å². The first kappa shape index (κ1) is 17.3. The topological polar surface area (TPSA) is 87.2 Å². The van der Waals surface area contributed by atoms with Crippen molar-refractivity contribution in [2.24, 2.45) is 0 Å². The van der Waals surface area contributed by atoms with Crippen molar-refractivity contribution in [1.29, 1.82) is 0 Å². The van der Waals surface area contributed by atoms with Crippen molar-refractivity contribution in [2.45, 2.75) is 25.4 Å². The van der Waals surface area contributed by atoms with Gasteiger partial charge in [0.1, 0.15) is 5.82 Å². The third kappa shape index (κ3) is 3.63. The predicted octanol–water partition coefficient (Wildman–Crippen LogP) is 1.22. The molecule has 1 saturated heterocycles. The highest BCUT2D eigenvalue weighted by molar-refractivity contribution is 5.99. The van der Waals surface area contributed by atoms with Crippen LogP contribution in [0.25, 0.3) is 0 Å². The second kappa shape index (κ2) is 7.18. The summed E-state index contributed by atoms with van der Waals surface area (Å²) in [5, 5.41) is 7.14. The minimum absolute atomic E-state index is 0.0720. The number of aromatic amines is 1. The van der Waals surface area contributed by atoms with E-state index >= 15 is 0 Å². The van der Waals surface area contributed by atoms with Crippen LogP contribution in [-0.4, -0.2) is 71.4 Å². The second-order valence-corrected chi connectivity index (χ2v) is 6.56. The van der Waals surface area contributed by atoms with Gasteiger partial charge in [-0.15, -0.1) is 0 Å². The van der Waals surface area contributed by atoms with Gasteiger partial charge in [0.25, 0.3) is 5.91 Å². The average Bonchev–Trinajstić information content (AvgIpc) is 3.22. The summed E-state index contributed by atoms with van der Waals surface area (Å²) in [4.78, 5) is 25.0. The van der Waals surface area contributed by atoms with Gasteiger partial charge in [-0.25, -0.2) is 4.98 Å². The minimum Gasteiger partial charge on any atom is -0.377 e. The first-order valence-electron chi connectivity index (χ1n) is 8.34. The van der Waals surface area contributed by atoms with Gasteiger partial charge in [0.05, 0.1) is 23.3 Å². The normalized spacial score (nSPS) is 19.8. The highest BCUT2D eigenvalue weighted by Gasteiger charge is 2.34. The van der Waals surface area contributed by atoms with Gasteiger partial charge < -0.3 is 14.5 Å². The van der Waals surface area contributed by atoms with Crippen LogP contribution in [0.1, 0.15) is 34.3 Å². The number of anilines is 1. The molecule has 2 aromatic rings. The number of aromatic nitrogens is 4. The molecule has 0 aromatic carbocycles. The minimum atomic E-state index is -0.108. The molecular weight excluding hydrogens is 320 g/mol. The van der Waals surface area contributed by atoms with E-state index in [9.17, 15) is 4.79 Å². The van der Waals surface area contributed by atoms with E-state index < -0.39 is 0 Å². The number of hydrogen-bond acceptors (Lipinski definition) is 6. The summed E-state index contributed by atoms with van der Waals surface area (Å²) >= 11 is 0. The summed E-state index contributed by atoms with van der Waals surface area (Å²) in [7, 11) is 5.61. The summed E-state index contributed by atoms with van der Waals surface area (Å²) in [6.07, 6.45) is 4.05. The number of amides is 1. The number of carbonyl (C=O) groups is 1. The molecule has 1 aliphatic rings. The van der Waals surface area contributed by atoms with Crippen molar-refractivity contribution in [1.82, 2.24) is 25.1 Å². The van der Waals surface area contributed by atoms with Gasteiger partial charge in [-0.2, -0.15) is 5.10 Å². The van der Waals surface area contributed by atoms with Crippen LogP contribution in [0.4, 0.5) is 5.69 Å². The number of likely N-dealkylation sites (N-methyl/N-ethyl adjacent to an activating group) is 1. The van der Waals surface area contributed by atoms with E-state index in [2.05, 4.69) is 20.2 Å². The Balaban J connectivity index is 1.73. The van der Waals surface area contributed by atoms with Gasteiger partial charge in [0.2, 0.25) is 0 Å². The molecule has 0 saturated carbocycles. The maximum Gasteiger partial charge on any atom is 0.257 e. The van der Waals surface area contributed by atoms with E-state index in [1.54, 1.807) is 24.3 Å². The van der Waals surface area contributed by atoms with Crippen LogP contribution in [0.2, 0.25) is 0 Å². The summed E-state index contributed by atoms with van der Waals surface area (Å²) in [5.41, 5.74) is 1.43. The molecule has 1 aliphatic heterocycles. The monoisotopic (exact) mass is 344 g/mol. The van der Waals surface area contributed by atoms with Crippen LogP contribution in [0.3, 0.4) is 0 Å². The maximum absolute atomic E-state index is 12.9. The summed E-state index contributed by atoms with van der Waals surface area (Å²) in [6.45, 7) is 3.02. The smallest absolute Gasteiger partial charge is 0.257 e. The molecule has 8 nitrogen and oxygen atoms in total. The third-order valence-electron chi connectivity index (χ3n) is 4.47. The van der Waals surface area contributed by atoms with E-state index in [0.29, 0.717) is 18.7 Å². The number of rotatable bonds is 5. The molecule has 2 aromatic heterocycles. The van der Waals surface area contributed by atoms with E-state index in [1.807, 2.05) is 32.0 Å². The lowest BCUT2D eigenvalue weighted by atomic mass is 10.00. The summed E-state index contributed by atoms with van der Waals surface area (Å²) < 4.78 is 5.85. The molecule has 3 heterocycles. The van der Waals surface area contributed by atoms with Gasteiger partial charge in [-0.1, -0.05) is 0 Å².